The van der Waals surface area contributed by atoms with Gasteiger partial charge in [0.05, 0.1) is 27.0 Å². The van der Waals surface area contributed by atoms with Crippen LogP contribution in [0.4, 0.5) is 5.69 Å². The first kappa shape index (κ1) is 15.9. The van der Waals surface area contributed by atoms with E-state index in [1.165, 1.54) is 11.3 Å². The number of amides is 2. The summed E-state index contributed by atoms with van der Waals surface area (Å²) in [6.45, 7) is 3.93. The van der Waals surface area contributed by atoms with Crippen LogP contribution < -0.4 is 10.6 Å². The van der Waals surface area contributed by atoms with E-state index in [4.69, 9.17) is 0 Å². The smallest absolute Gasteiger partial charge is 0.255 e. The molecule has 0 saturated carbocycles. The predicted octanol–water partition coefficient (Wildman–Crippen LogP) is 3.46. The zero-order valence-corrected chi connectivity index (χ0v) is 13.6. The van der Waals surface area contributed by atoms with E-state index in [1.54, 1.807) is 48.0 Å². The lowest BCUT2D eigenvalue weighted by atomic mass is 10.1. The Hall–Kier alpha value is -2.99. The number of hydrogen-bond acceptors (Lipinski definition) is 4. The lowest BCUT2D eigenvalue weighted by Gasteiger charge is -2.11. The first-order chi connectivity index (χ1) is 11.7. The summed E-state index contributed by atoms with van der Waals surface area (Å²) >= 11 is 1.48. The number of carbonyl (C=O) groups is 2. The summed E-state index contributed by atoms with van der Waals surface area (Å²) in [5.41, 5.74) is 4.00. The van der Waals surface area contributed by atoms with Gasteiger partial charge in [-0.3, -0.25) is 9.59 Å². The molecule has 0 aliphatic carbocycles. The lowest BCUT2D eigenvalue weighted by molar-refractivity contribution is 0.0959. The molecule has 0 fully saturated rings. The number of carbonyl (C=O) groups excluding carboxylic acids is 2. The van der Waals surface area contributed by atoms with Crippen molar-refractivity contribution in [1.82, 2.24) is 10.3 Å². The van der Waals surface area contributed by atoms with Gasteiger partial charge < -0.3 is 10.6 Å². The molecule has 120 valence electrons. The molecule has 6 heteroatoms. The summed E-state index contributed by atoms with van der Waals surface area (Å²) in [6.07, 6.45) is 1.60. The van der Waals surface area contributed by atoms with Gasteiger partial charge in [0.1, 0.15) is 0 Å². The molecule has 3 aromatic rings. The maximum absolute atomic E-state index is 12.5. The number of para-hydroxylation sites is 1. The number of thiazole rings is 1. The van der Waals surface area contributed by atoms with Crippen LogP contribution in [0.1, 0.15) is 20.7 Å². The number of rotatable bonds is 5. The Balaban J connectivity index is 1.83. The fourth-order valence-corrected chi connectivity index (χ4v) is 2.96. The molecule has 1 heterocycles. The zero-order valence-electron chi connectivity index (χ0n) is 12.8. The van der Waals surface area contributed by atoms with Gasteiger partial charge in [-0.15, -0.1) is 17.9 Å². The Morgan fingerprint density at radius 3 is 2.83 bits per heavy atom. The van der Waals surface area contributed by atoms with Crippen LogP contribution >= 0.6 is 11.3 Å². The molecule has 0 bridgehead atoms. The molecule has 0 atom stereocenters. The van der Waals surface area contributed by atoms with Gasteiger partial charge in [-0.2, -0.15) is 0 Å². The molecule has 1 aromatic heterocycles. The van der Waals surface area contributed by atoms with Gasteiger partial charge in [0.25, 0.3) is 11.8 Å². The number of fused-ring (bicyclic) bond motifs is 1. The molecule has 24 heavy (non-hydrogen) atoms. The number of benzene rings is 2. The average Bonchev–Trinajstić information content (AvgIpc) is 3.07. The van der Waals surface area contributed by atoms with Gasteiger partial charge in [-0.1, -0.05) is 18.2 Å². The van der Waals surface area contributed by atoms with Crippen molar-refractivity contribution in [3.8, 4) is 0 Å². The fraction of sp³-hybridized carbons (Fsp3) is 0.0556. The largest absolute Gasteiger partial charge is 0.349 e. The molecule has 2 amide bonds. The summed E-state index contributed by atoms with van der Waals surface area (Å²) in [6, 6.07) is 12.2. The summed E-state index contributed by atoms with van der Waals surface area (Å²) in [5, 5.41) is 5.51. The second-order valence-electron chi connectivity index (χ2n) is 5.03. The van der Waals surface area contributed by atoms with Crippen LogP contribution in [0.5, 0.6) is 0 Å². The molecule has 0 aliphatic rings. The van der Waals surface area contributed by atoms with Crippen LogP contribution in [0, 0.1) is 0 Å². The number of aromatic nitrogens is 1. The highest BCUT2D eigenvalue weighted by atomic mass is 32.1. The molecular weight excluding hydrogens is 322 g/mol. The van der Waals surface area contributed by atoms with E-state index in [0.29, 0.717) is 23.4 Å². The third-order valence-electron chi connectivity index (χ3n) is 3.42. The molecular formula is C18H15N3O2S. The maximum Gasteiger partial charge on any atom is 0.255 e. The van der Waals surface area contributed by atoms with Crippen molar-refractivity contribution in [2.24, 2.45) is 0 Å². The van der Waals surface area contributed by atoms with E-state index in [9.17, 15) is 9.59 Å². The van der Waals surface area contributed by atoms with Gasteiger partial charge in [-0.25, -0.2) is 4.98 Å². The first-order valence-corrected chi connectivity index (χ1v) is 8.19. The SMILES string of the molecule is C=CCNC(=O)c1ccccc1NC(=O)c1ccc2ncsc2c1. The minimum Gasteiger partial charge on any atom is -0.349 e. The molecule has 0 saturated heterocycles. The monoisotopic (exact) mass is 337 g/mol. The van der Waals surface area contributed by atoms with Crippen LogP contribution in [0.25, 0.3) is 10.2 Å². The topological polar surface area (TPSA) is 71.1 Å². The van der Waals surface area contributed by atoms with Crippen molar-refractivity contribution >= 4 is 39.1 Å². The van der Waals surface area contributed by atoms with Crippen molar-refractivity contribution in [2.45, 2.75) is 0 Å². The van der Waals surface area contributed by atoms with Crippen molar-refractivity contribution in [1.29, 1.82) is 0 Å². The highest BCUT2D eigenvalue weighted by Gasteiger charge is 2.14. The number of nitrogens with one attached hydrogen (secondary N) is 2. The Labute approximate surface area is 143 Å². The fourth-order valence-electron chi connectivity index (χ4n) is 2.24. The van der Waals surface area contributed by atoms with Crippen LogP contribution in [0.15, 0.2) is 60.6 Å². The Morgan fingerprint density at radius 2 is 2.00 bits per heavy atom. The normalized spacial score (nSPS) is 10.3. The first-order valence-electron chi connectivity index (χ1n) is 7.32. The third-order valence-corrected chi connectivity index (χ3v) is 4.21. The molecule has 0 spiro atoms. The zero-order chi connectivity index (χ0) is 16.9. The molecule has 0 radical (unpaired) electrons. The second-order valence-corrected chi connectivity index (χ2v) is 5.92. The molecule has 5 nitrogen and oxygen atoms in total. The van der Waals surface area contributed by atoms with Crippen molar-refractivity contribution in [3.63, 3.8) is 0 Å². The minimum atomic E-state index is -0.269. The van der Waals surface area contributed by atoms with E-state index in [-0.39, 0.29) is 11.8 Å². The van der Waals surface area contributed by atoms with Crippen molar-refractivity contribution in [2.75, 3.05) is 11.9 Å². The van der Waals surface area contributed by atoms with Crippen molar-refractivity contribution in [3.05, 3.63) is 71.8 Å². The van der Waals surface area contributed by atoms with E-state index < -0.39 is 0 Å². The van der Waals surface area contributed by atoms with E-state index in [2.05, 4.69) is 22.2 Å². The standard InChI is InChI=1S/C18H15N3O2S/c1-2-9-19-18(23)13-5-3-4-6-14(13)21-17(22)12-7-8-15-16(10-12)24-11-20-15/h2-8,10-11H,1,9H2,(H,19,23)(H,21,22). The van der Waals surface area contributed by atoms with Gasteiger partial charge in [0.15, 0.2) is 0 Å². The molecule has 0 aliphatic heterocycles. The van der Waals surface area contributed by atoms with E-state index >= 15 is 0 Å². The van der Waals surface area contributed by atoms with Crippen LogP contribution in [-0.2, 0) is 0 Å². The van der Waals surface area contributed by atoms with E-state index in [0.717, 1.165) is 10.2 Å². The van der Waals surface area contributed by atoms with Crippen molar-refractivity contribution < 1.29 is 9.59 Å². The van der Waals surface area contributed by atoms with E-state index in [1.807, 2.05) is 6.07 Å². The van der Waals surface area contributed by atoms with Crippen LogP contribution in [0.2, 0.25) is 0 Å². The van der Waals surface area contributed by atoms with Gasteiger partial charge >= 0.3 is 0 Å². The molecule has 0 unspecified atom stereocenters. The molecule has 2 aromatic carbocycles. The predicted molar refractivity (Wildman–Crippen MR) is 96.5 cm³/mol. The number of nitrogens with zero attached hydrogens (tertiary/aromatic N) is 1. The maximum atomic E-state index is 12.5. The summed E-state index contributed by atoms with van der Waals surface area (Å²) < 4.78 is 0.944. The highest BCUT2D eigenvalue weighted by molar-refractivity contribution is 7.16. The Morgan fingerprint density at radius 1 is 1.17 bits per heavy atom. The Kier molecular flexibility index (Phi) is 4.67. The van der Waals surface area contributed by atoms with Crippen LogP contribution in [-0.4, -0.2) is 23.3 Å². The number of anilines is 1. The highest BCUT2D eigenvalue weighted by Crippen LogP contribution is 2.21. The second kappa shape index (κ2) is 7.06. The molecule has 3 rings (SSSR count). The summed E-state index contributed by atoms with van der Waals surface area (Å²) in [7, 11) is 0. The van der Waals surface area contributed by atoms with Gasteiger partial charge in [0, 0.05) is 12.1 Å². The van der Waals surface area contributed by atoms with Crippen LogP contribution in [0.3, 0.4) is 0 Å². The lowest BCUT2D eigenvalue weighted by Crippen LogP contribution is -2.25. The third kappa shape index (κ3) is 3.33. The molecule has 2 N–H and O–H groups in total. The average molecular weight is 337 g/mol. The van der Waals surface area contributed by atoms with Gasteiger partial charge in [0.2, 0.25) is 0 Å². The Bertz CT molecular complexity index is 917. The van der Waals surface area contributed by atoms with Gasteiger partial charge in [-0.05, 0) is 30.3 Å². The quantitative estimate of drug-likeness (QED) is 0.700. The summed E-state index contributed by atoms with van der Waals surface area (Å²) in [4.78, 5) is 28.9. The minimum absolute atomic E-state index is 0.260. The number of hydrogen-bond donors (Lipinski definition) is 2. The summed E-state index contributed by atoms with van der Waals surface area (Å²) in [5.74, 6) is -0.530.